The summed E-state index contributed by atoms with van der Waals surface area (Å²) in [6.07, 6.45) is 1.77. The molecule has 1 aliphatic heterocycles. The standard InChI is InChI=1S/C14H19N3O4/c18-13(17-5-7-21-8-6-17)3-4-15-10-12-2-1-11(9-16-12)14(19)20/h1-2,9,15H,3-8,10H2,(H,19,20). The third kappa shape index (κ3) is 4.80. The highest BCUT2D eigenvalue weighted by atomic mass is 16.5. The number of aromatic carboxylic acids is 1. The summed E-state index contributed by atoms with van der Waals surface area (Å²) in [5, 5.41) is 11.9. The average Bonchev–Trinajstić information content (AvgIpc) is 2.52. The Morgan fingerprint density at radius 2 is 2.10 bits per heavy atom. The number of amides is 1. The smallest absolute Gasteiger partial charge is 0.337 e. The van der Waals surface area contributed by atoms with Gasteiger partial charge in [-0.2, -0.15) is 0 Å². The van der Waals surface area contributed by atoms with Gasteiger partial charge in [-0.05, 0) is 12.1 Å². The van der Waals surface area contributed by atoms with Gasteiger partial charge >= 0.3 is 5.97 Å². The van der Waals surface area contributed by atoms with Crippen molar-refractivity contribution in [2.24, 2.45) is 0 Å². The minimum atomic E-state index is -0.988. The highest BCUT2D eigenvalue weighted by Crippen LogP contribution is 2.01. The molecule has 0 unspecified atom stereocenters. The molecule has 0 atom stereocenters. The summed E-state index contributed by atoms with van der Waals surface area (Å²) in [4.78, 5) is 28.4. The van der Waals surface area contributed by atoms with Crippen LogP contribution in [0.2, 0.25) is 0 Å². The third-order valence-electron chi connectivity index (χ3n) is 3.26. The van der Waals surface area contributed by atoms with Crippen LogP contribution in [0.25, 0.3) is 0 Å². The molecule has 21 heavy (non-hydrogen) atoms. The number of carboxylic acid groups (broad SMARTS) is 1. The molecule has 1 fully saturated rings. The van der Waals surface area contributed by atoms with Crippen molar-refractivity contribution in [3.63, 3.8) is 0 Å². The highest BCUT2D eigenvalue weighted by Gasteiger charge is 2.15. The SMILES string of the molecule is O=C(O)c1ccc(CNCCC(=O)N2CCOCC2)nc1. The topological polar surface area (TPSA) is 91.8 Å². The van der Waals surface area contributed by atoms with Crippen molar-refractivity contribution in [2.75, 3.05) is 32.8 Å². The van der Waals surface area contributed by atoms with Gasteiger partial charge in [-0.25, -0.2) is 4.79 Å². The number of nitrogens with one attached hydrogen (secondary N) is 1. The van der Waals surface area contributed by atoms with Gasteiger partial charge in [-0.15, -0.1) is 0 Å². The molecule has 1 amide bonds. The average molecular weight is 293 g/mol. The maximum atomic E-state index is 11.9. The molecule has 114 valence electrons. The van der Waals surface area contributed by atoms with Crippen LogP contribution in [-0.4, -0.2) is 59.7 Å². The van der Waals surface area contributed by atoms with Crippen LogP contribution in [0, 0.1) is 0 Å². The van der Waals surface area contributed by atoms with Crippen LogP contribution in [0.5, 0.6) is 0 Å². The molecule has 0 spiro atoms. The number of hydrogen-bond acceptors (Lipinski definition) is 5. The van der Waals surface area contributed by atoms with E-state index in [4.69, 9.17) is 9.84 Å². The number of carboxylic acids is 1. The van der Waals surface area contributed by atoms with E-state index in [1.165, 1.54) is 12.3 Å². The quantitative estimate of drug-likeness (QED) is 0.724. The second-order valence-electron chi connectivity index (χ2n) is 4.76. The summed E-state index contributed by atoms with van der Waals surface area (Å²) in [5.41, 5.74) is 0.917. The van der Waals surface area contributed by atoms with Crippen LogP contribution >= 0.6 is 0 Å². The van der Waals surface area contributed by atoms with Crippen LogP contribution in [0.3, 0.4) is 0 Å². The molecule has 2 N–H and O–H groups in total. The molecular weight excluding hydrogens is 274 g/mol. The molecule has 1 saturated heterocycles. The molecule has 7 nitrogen and oxygen atoms in total. The Morgan fingerprint density at radius 1 is 1.33 bits per heavy atom. The Bertz CT molecular complexity index is 483. The first-order valence-electron chi connectivity index (χ1n) is 6.91. The second kappa shape index (κ2) is 7.70. The van der Waals surface area contributed by atoms with Crippen LogP contribution in [0.15, 0.2) is 18.3 Å². The van der Waals surface area contributed by atoms with Gasteiger partial charge in [-0.3, -0.25) is 9.78 Å². The van der Waals surface area contributed by atoms with Crippen molar-refractivity contribution in [2.45, 2.75) is 13.0 Å². The van der Waals surface area contributed by atoms with Gasteiger partial charge in [0.05, 0.1) is 24.5 Å². The predicted molar refractivity (Wildman–Crippen MR) is 74.9 cm³/mol. The van der Waals surface area contributed by atoms with Gasteiger partial charge in [-0.1, -0.05) is 0 Å². The van der Waals surface area contributed by atoms with Gasteiger partial charge in [0, 0.05) is 38.8 Å². The fourth-order valence-electron chi connectivity index (χ4n) is 2.04. The maximum absolute atomic E-state index is 11.9. The van der Waals surface area contributed by atoms with Gasteiger partial charge in [0.1, 0.15) is 0 Å². The van der Waals surface area contributed by atoms with Crippen molar-refractivity contribution in [3.05, 3.63) is 29.6 Å². The van der Waals surface area contributed by atoms with Gasteiger partial charge in [0.15, 0.2) is 0 Å². The third-order valence-corrected chi connectivity index (χ3v) is 3.26. The number of aromatic nitrogens is 1. The van der Waals surface area contributed by atoms with E-state index in [2.05, 4.69) is 10.3 Å². The number of carbonyl (C=O) groups excluding carboxylic acids is 1. The number of pyridine rings is 1. The van der Waals surface area contributed by atoms with Crippen molar-refractivity contribution < 1.29 is 19.4 Å². The van der Waals surface area contributed by atoms with E-state index in [9.17, 15) is 9.59 Å². The van der Waals surface area contributed by atoms with Crippen molar-refractivity contribution in [1.29, 1.82) is 0 Å². The summed E-state index contributed by atoms with van der Waals surface area (Å²) in [7, 11) is 0. The van der Waals surface area contributed by atoms with Crippen molar-refractivity contribution >= 4 is 11.9 Å². The van der Waals surface area contributed by atoms with Crippen molar-refractivity contribution in [1.82, 2.24) is 15.2 Å². The number of nitrogens with zero attached hydrogens (tertiary/aromatic N) is 2. The zero-order valence-electron chi connectivity index (χ0n) is 11.7. The largest absolute Gasteiger partial charge is 0.478 e. The molecule has 0 bridgehead atoms. The first kappa shape index (κ1) is 15.4. The van der Waals surface area contributed by atoms with E-state index >= 15 is 0 Å². The lowest BCUT2D eigenvalue weighted by molar-refractivity contribution is -0.135. The Morgan fingerprint density at radius 3 is 2.71 bits per heavy atom. The number of ether oxygens (including phenoxy) is 1. The lowest BCUT2D eigenvalue weighted by atomic mass is 10.2. The van der Waals surface area contributed by atoms with Gasteiger partial charge in [0.25, 0.3) is 0 Å². The molecule has 7 heteroatoms. The molecule has 0 aliphatic carbocycles. The van der Waals surface area contributed by atoms with E-state index in [0.29, 0.717) is 45.8 Å². The monoisotopic (exact) mass is 293 g/mol. The minimum Gasteiger partial charge on any atom is -0.478 e. The van der Waals surface area contributed by atoms with Crippen molar-refractivity contribution in [3.8, 4) is 0 Å². The van der Waals surface area contributed by atoms with Gasteiger partial charge < -0.3 is 20.1 Å². The molecule has 0 aromatic carbocycles. The molecule has 1 aliphatic rings. The lowest BCUT2D eigenvalue weighted by Gasteiger charge is -2.26. The van der Waals surface area contributed by atoms with Crippen LogP contribution < -0.4 is 5.32 Å². The summed E-state index contributed by atoms with van der Waals surface area (Å²) < 4.78 is 5.20. The fourth-order valence-corrected chi connectivity index (χ4v) is 2.04. The highest BCUT2D eigenvalue weighted by molar-refractivity contribution is 5.87. The zero-order chi connectivity index (χ0) is 15.1. The van der Waals surface area contributed by atoms with Crippen LogP contribution in [0.1, 0.15) is 22.5 Å². The number of carbonyl (C=O) groups is 2. The molecule has 1 aromatic heterocycles. The Labute approximate surface area is 122 Å². The first-order chi connectivity index (χ1) is 10.2. The molecule has 1 aromatic rings. The minimum absolute atomic E-state index is 0.125. The Kier molecular flexibility index (Phi) is 5.65. The summed E-state index contributed by atoms with van der Waals surface area (Å²) in [6, 6.07) is 3.19. The molecular formula is C14H19N3O4. The van der Waals surface area contributed by atoms with E-state index in [-0.39, 0.29) is 11.5 Å². The summed E-state index contributed by atoms with van der Waals surface area (Å²) in [5.74, 6) is -0.863. The van der Waals surface area contributed by atoms with E-state index in [1.807, 2.05) is 4.90 Å². The first-order valence-corrected chi connectivity index (χ1v) is 6.91. The van der Waals surface area contributed by atoms with Crippen LogP contribution in [-0.2, 0) is 16.1 Å². The van der Waals surface area contributed by atoms with E-state index in [1.54, 1.807) is 6.07 Å². The summed E-state index contributed by atoms with van der Waals surface area (Å²) in [6.45, 7) is 3.63. The normalized spacial score (nSPS) is 15.0. The zero-order valence-corrected chi connectivity index (χ0v) is 11.7. The molecule has 2 rings (SSSR count). The number of rotatable bonds is 6. The molecule has 0 saturated carbocycles. The summed E-state index contributed by atoms with van der Waals surface area (Å²) >= 11 is 0. The van der Waals surface area contributed by atoms with E-state index < -0.39 is 5.97 Å². The lowest BCUT2D eigenvalue weighted by Crippen LogP contribution is -2.41. The maximum Gasteiger partial charge on any atom is 0.337 e. The van der Waals surface area contributed by atoms with Crippen LogP contribution in [0.4, 0.5) is 0 Å². The number of morpholine rings is 1. The molecule has 0 radical (unpaired) electrons. The Hall–Kier alpha value is -1.99. The molecule has 2 heterocycles. The Balaban J connectivity index is 1.67. The van der Waals surface area contributed by atoms with E-state index in [0.717, 1.165) is 5.69 Å². The van der Waals surface area contributed by atoms with Gasteiger partial charge in [0.2, 0.25) is 5.91 Å². The second-order valence-corrected chi connectivity index (χ2v) is 4.76. The number of hydrogen-bond donors (Lipinski definition) is 2. The predicted octanol–water partition coefficient (Wildman–Crippen LogP) is 0.118. The fraction of sp³-hybridized carbons (Fsp3) is 0.500.